The zero-order valence-electron chi connectivity index (χ0n) is 15.6. The van der Waals surface area contributed by atoms with Gasteiger partial charge in [0, 0.05) is 20.2 Å². The SMILES string of the molecule is CCS(=O)(=O)Nc1ccc(S(=O)(=O)Nc2ccccc2N(C)C)c(OC)c1. The fourth-order valence-corrected chi connectivity index (χ4v) is 4.21. The number of nitrogens with zero attached hydrogens (tertiary/aromatic N) is 1. The third-order valence-corrected chi connectivity index (χ3v) is 6.45. The highest BCUT2D eigenvalue weighted by molar-refractivity contribution is 7.93. The molecule has 2 aromatic rings. The van der Waals surface area contributed by atoms with Crippen molar-refractivity contribution in [1.82, 2.24) is 0 Å². The van der Waals surface area contributed by atoms with Gasteiger partial charge in [0.1, 0.15) is 10.6 Å². The molecule has 0 aliphatic heterocycles. The average molecular weight is 414 g/mol. The second-order valence-corrected chi connectivity index (χ2v) is 9.55. The molecule has 0 bridgehead atoms. The number of benzene rings is 2. The molecule has 0 saturated heterocycles. The van der Waals surface area contributed by atoms with Gasteiger partial charge in [-0.1, -0.05) is 12.1 Å². The van der Waals surface area contributed by atoms with Gasteiger partial charge in [-0.2, -0.15) is 0 Å². The largest absolute Gasteiger partial charge is 0.495 e. The summed E-state index contributed by atoms with van der Waals surface area (Å²) in [5, 5.41) is 0. The summed E-state index contributed by atoms with van der Waals surface area (Å²) in [4.78, 5) is 1.69. The van der Waals surface area contributed by atoms with Gasteiger partial charge < -0.3 is 9.64 Å². The van der Waals surface area contributed by atoms with Crippen molar-refractivity contribution in [3.05, 3.63) is 42.5 Å². The van der Waals surface area contributed by atoms with E-state index < -0.39 is 20.0 Å². The van der Waals surface area contributed by atoms with E-state index in [9.17, 15) is 16.8 Å². The van der Waals surface area contributed by atoms with Crippen LogP contribution >= 0.6 is 0 Å². The molecule has 10 heteroatoms. The van der Waals surface area contributed by atoms with E-state index in [1.54, 1.807) is 23.1 Å². The van der Waals surface area contributed by atoms with Crippen LogP contribution in [0.3, 0.4) is 0 Å². The molecular formula is C17H23N3O5S2. The number of ether oxygens (including phenoxy) is 1. The smallest absolute Gasteiger partial charge is 0.265 e. The number of nitrogens with one attached hydrogen (secondary N) is 2. The minimum absolute atomic E-state index is 0.0288. The highest BCUT2D eigenvalue weighted by Crippen LogP contribution is 2.31. The van der Waals surface area contributed by atoms with Crippen molar-refractivity contribution < 1.29 is 21.6 Å². The first-order chi connectivity index (χ1) is 12.6. The Kier molecular flexibility index (Phi) is 6.22. The van der Waals surface area contributed by atoms with Gasteiger partial charge in [0.2, 0.25) is 10.0 Å². The Morgan fingerprint density at radius 2 is 1.67 bits per heavy atom. The lowest BCUT2D eigenvalue weighted by molar-refractivity contribution is 0.403. The van der Waals surface area contributed by atoms with E-state index in [1.165, 1.54) is 32.2 Å². The van der Waals surface area contributed by atoms with Crippen LogP contribution in [-0.4, -0.2) is 43.8 Å². The van der Waals surface area contributed by atoms with E-state index in [0.29, 0.717) is 11.4 Å². The molecule has 2 rings (SSSR count). The highest BCUT2D eigenvalue weighted by Gasteiger charge is 2.22. The Morgan fingerprint density at radius 3 is 2.26 bits per heavy atom. The number of methoxy groups -OCH3 is 1. The first kappa shape index (κ1) is 20.8. The summed E-state index contributed by atoms with van der Waals surface area (Å²) in [6.45, 7) is 1.50. The zero-order chi connectivity index (χ0) is 20.2. The standard InChI is InChI=1S/C17H23N3O5S2/c1-5-26(21,22)18-13-10-11-17(16(12-13)25-4)27(23,24)19-14-8-6-7-9-15(14)20(2)3/h6-12,18-19H,5H2,1-4H3. The van der Waals surface area contributed by atoms with Crippen LogP contribution in [0.5, 0.6) is 5.75 Å². The summed E-state index contributed by atoms with van der Waals surface area (Å²) in [6, 6.07) is 11.0. The molecule has 0 aliphatic rings. The Balaban J connectivity index is 2.42. The molecule has 0 spiro atoms. The predicted octanol–water partition coefficient (Wildman–Crippen LogP) is 2.32. The molecule has 0 fully saturated rings. The van der Waals surface area contributed by atoms with Gasteiger partial charge in [0.15, 0.2) is 0 Å². The first-order valence-electron chi connectivity index (χ1n) is 8.07. The van der Waals surface area contributed by atoms with Gasteiger partial charge in [-0.25, -0.2) is 16.8 Å². The molecule has 0 amide bonds. The van der Waals surface area contributed by atoms with Crippen LogP contribution in [0.1, 0.15) is 6.92 Å². The fraction of sp³-hybridized carbons (Fsp3) is 0.294. The lowest BCUT2D eigenvalue weighted by Crippen LogP contribution is -2.18. The molecule has 27 heavy (non-hydrogen) atoms. The molecule has 0 aliphatic carbocycles. The van der Waals surface area contributed by atoms with Crippen LogP contribution in [0, 0.1) is 0 Å². The van der Waals surface area contributed by atoms with Gasteiger partial charge in [0.25, 0.3) is 10.0 Å². The third kappa shape index (κ3) is 5.04. The molecule has 2 N–H and O–H groups in total. The average Bonchev–Trinajstić information content (AvgIpc) is 2.61. The molecule has 0 saturated carbocycles. The lowest BCUT2D eigenvalue weighted by atomic mass is 10.2. The number of rotatable bonds is 8. The van der Waals surface area contributed by atoms with E-state index in [1.807, 2.05) is 20.2 Å². The van der Waals surface area contributed by atoms with Gasteiger partial charge in [-0.15, -0.1) is 0 Å². The maximum Gasteiger partial charge on any atom is 0.265 e. The molecule has 8 nitrogen and oxygen atoms in total. The molecule has 0 radical (unpaired) electrons. The van der Waals surface area contributed by atoms with E-state index >= 15 is 0 Å². The summed E-state index contributed by atoms with van der Waals surface area (Å²) in [7, 11) is -2.51. The highest BCUT2D eigenvalue weighted by atomic mass is 32.2. The van der Waals surface area contributed by atoms with Crippen LogP contribution in [0.15, 0.2) is 47.4 Å². The van der Waals surface area contributed by atoms with E-state index in [2.05, 4.69) is 9.44 Å². The van der Waals surface area contributed by atoms with E-state index in [0.717, 1.165) is 0 Å². The van der Waals surface area contributed by atoms with Crippen LogP contribution in [0.25, 0.3) is 0 Å². The molecule has 0 heterocycles. The Bertz CT molecular complexity index is 1020. The molecule has 2 aromatic carbocycles. The van der Waals surface area contributed by atoms with Crippen LogP contribution < -0.4 is 19.1 Å². The quantitative estimate of drug-likeness (QED) is 0.688. The van der Waals surface area contributed by atoms with Crippen molar-refractivity contribution in [2.75, 3.05) is 41.3 Å². The van der Waals surface area contributed by atoms with E-state index in [-0.39, 0.29) is 22.1 Å². The number of anilines is 3. The second kappa shape index (κ2) is 8.05. The van der Waals surface area contributed by atoms with Gasteiger partial charge in [-0.05, 0) is 31.2 Å². The Labute approximate surface area is 160 Å². The van der Waals surface area contributed by atoms with Crippen molar-refractivity contribution in [3.63, 3.8) is 0 Å². The number of hydrogen-bond donors (Lipinski definition) is 2. The Morgan fingerprint density at radius 1 is 1.00 bits per heavy atom. The number of para-hydroxylation sites is 2. The summed E-state index contributed by atoms with van der Waals surface area (Å²) in [6.07, 6.45) is 0. The molecular weight excluding hydrogens is 390 g/mol. The van der Waals surface area contributed by atoms with Crippen LogP contribution in [0.4, 0.5) is 17.1 Å². The first-order valence-corrected chi connectivity index (χ1v) is 11.2. The normalized spacial score (nSPS) is 11.7. The monoisotopic (exact) mass is 413 g/mol. The molecule has 0 unspecified atom stereocenters. The zero-order valence-corrected chi connectivity index (χ0v) is 17.2. The van der Waals surface area contributed by atoms with Crippen molar-refractivity contribution in [3.8, 4) is 5.75 Å². The van der Waals surface area contributed by atoms with E-state index in [4.69, 9.17) is 4.74 Å². The molecule has 148 valence electrons. The summed E-state index contributed by atoms with van der Waals surface area (Å²) in [5.74, 6) is -0.0701. The van der Waals surface area contributed by atoms with Crippen molar-refractivity contribution in [2.45, 2.75) is 11.8 Å². The molecule has 0 atom stereocenters. The fourth-order valence-electron chi connectivity index (χ4n) is 2.35. The maximum absolute atomic E-state index is 12.9. The lowest BCUT2D eigenvalue weighted by Gasteiger charge is -2.19. The van der Waals surface area contributed by atoms with Gasteiger partial charge in [0.05, 0.1) is 29.9 Å². The topological polar surface area (TPSA) is 105 Å². The summed E-state index contributed by atoms with van der Waals surface area (Å²) < 4.78 is 59.2. The maximum atomic E-state index is 12.9. The molecule has 0 aromatic heterocycles. The second-order valence-electron chi connectivity index (χ2n) is 5.89. The predicted molar refractivity (Wildman–Crippen MR) is 108 cm³/mol. The van der Waals surface area contributed by atoms with Crippen LogP contribution in [-0.2, 0) is 20.0 Å². The van der Waals surface area contributed by atoms with Crippen molar-refractivity contribution >= 4 is 37.1 Å². The Hall–Kier alpha value is -2.46. The minimum Gasteiger partial charge on any atom is -0.495 e. The summed E-state index contributed by atoms with van der Waals surface area (Å²) in [5.41, 5.74) is 1.34. The number of sulfonamides is 2. The van der Waals surface area contributed by atoms with Crippen molar-refractivity contribution in [2.24, 2.45) is 0 Å². The van der Waals surface area contributed by atoms with Crippen molar-refractivity contribution in [1.29, 1.82) is 0 Å². The van der Waals surface area contributed by atoms with Gasteiger partial charge >= 0.3 is 0 Å². The summed E-state index contributed by atoms with van der Waals surface area (Å²) >= 11 is 0. The van der Waals surface area contributed by atoms with Crippen LogP contribution in [0.2, 0.25) is 0 Å². The van der Waals surface area contributed by atoms with Gasteiger partial charge in [-0.3, -0.25) is 9.44 Å². The minimum atomic E-state index is -3.96. The number of hydrogen-bond acceptors (Lipinski definition) is 6. The third-order valence-electron chi connectivity index (χ3n) is 3.74.